The lowest BCUT2D eigenvalue weighted by Crippen LogP contribution is -1.97. The van der Waals surface area contributed by atoms with Gasteiger partial charge < -0.3 is 0 Å². The summed E-state index contributed by atoms with van der Waals surface area (Å²) in [6.07, 6.45) is 0. The number of halogens is 2. The third-order valence-corrected chi connectivity index (χ3v) is 2.96. The summed E-state index contributed by atoms with van der Waals surface area (Å²) in [5, 5.41) is 0. The molecule has 1 aromatic rings. The van der Waals surface area contributed by atoms with Crippen molar-refractivity contribution in [2.75, 3.05) is 0 Å². The molecule has 0 unspecified atom stereocenters. The molecule has 0 bridgehead atoms. The molecule has 5 heteroatoms. The molecule has 0 N–H and O–H groups in total. The molecule has 0 spiro atoms. The van der Waals surface area contributed by atoms with E-state index in [-0.39, 0.29) is 0 Å². The highest BCUT2D eigenvalue weighted by molar-refractivity contribution is 9.10. The molecular weight excluding hydrogens is 259 g/mol. The number of aryl methyl sites for hydroxylation is 1. The van der Waals surface area contributed by atoms with E-state index in [4.69, 9.17) is 0 Å². The van der Waals surface area contributed by atoms with Gasteiger partial charge in [0, 0.05) is 4.47 Å². The third kappa shape index (κ3) is 3.44. The molecule has 0 aromatic heterocycles. The van der Waals surface area contributed by atoms with Gasteiger partial charge in [-0.15, -0.1) is 3.89 Å². The van der Waals surface area contributed by atoms with Crippen molar-refractivity contribution in [2.24, 2.45) is 0 Å². The van der Waals surface area contributed by atoms with Gasteiger partial charge in [-0.1, -0.05) is 33.6 Å². The van der Waals surface area contributed by atoms with Crippen molar-refractivity contribution in [3.8, 4) is 0 Å². The molecule has 13 heavy (non-hydrogen) atoms. The van der Waals surface area contributed by atoms with Crippen LogP contribution in [0, 0.1) is 6.92 Å². The van der Waals surface area contributed by atoms with E-state index in [2.05, 4.69) is 15.9 Å². The number of hydrogen-bond donors (Lipinski definition) is 0. The predicted molar refractivity (Wildman–Crippen MR) is 52.6 cm³/mol. The summed E-state index contributed by atoms with van der Waals surface area (Å²) in [4.78, 5) is 0. The lowest BCUT2D eigenvalue weighted by atomic mass is 10.2. The molecule has 0 radical (unpaired) electrons. The van der Waals surface area contributed by atoms with E-state index in [9.17, 15) is 12.3 Å². The van der Waals surface area contributed by atoms with Gasteiger partial charge >= 0.3 is 10.2 Å². The molecular formula is C8H8BrFO2S. The second kappa shape index (κ2) is 3.75. The van der Waals surface area contributed by atoms with E-state index in [1.54, 1.807) is 12.1 Å². The van der Waals surface area contributed by atoms with E-state index >= 15 is 0 Å². The van der Waals surface area contributed by atoms with Gasteiger partial charge in [0.1, 0.15) is 5.75 Å². The Morgan fingerprint density at radius 2 is 2.08 bits per heavy atom. The van der Waals surface area contributed by atoms with Crippen molar-refractivity contribution in [1.29, 1.82) is 0 Å². The summed E-state index contributed by atoms with van der Waals surface area (Å²) in [6, 6.07) is 5.16. The highest BCUT2D eigenvalue weighted by Gasteiger charge is 2.11. The van der Waals surface area contributed by atoms with Crippen LogP contribution in [0.4, 0.5) is 3.89 Å². The Balaban J connectivity index is 3.08. The fourth-order valence-corrected chi connectivity index (χ4v) is 2.18. The minimum absolute atomic E-state index is 0.447. The molecule has 0 fully saturated rings. The largest absolute Gasteiger partial charge is 0.306 e. The summed E-state index contributed by atoms with van der Waals surface area (Å²) in [5.41, 5.74) is 1.35. The lowest BCUT2D eigenvalue weighted by molar-refractivity contribution is 0.551. The number of rotatable bonds is 2. The Labute approximate surface area is 85.1 Å². The summed E-state index contributed by atoms with van der Waals surface area (Å²) in [7, 11) is -4.45. The molecule has 0 atom stereocenters. The second-order valence-corrected chi connectivity index (χ2v) is 5.00. The SMILES string of the molecule is Cc1ccc(Br)c(CS(=O)(=O)F)c1. The van der Waals surface area contributed by atoms with Gasteiger partial charge in [0.25, 0.3) is 0 Å². The molecule has 0 heterocycles. The van der Waals surface area contributed by atoms with Gasteiger partial charge in [0.15, 0.2) is 0 Å². The van der Waals surface area contributed by atoms with Crippen molar-refractivity contribution in [1.82, 2.24) is 0 Å². The quantitative estimate of drug-likeness (QED) is 0.772. The first-order chi connectivity index (χ1) is 5.88. The van der Waals surface area contributed by atoms with Crippen molar-refractivity contribution in [3.05, 3.63) is 33.8 Å². The van der Waals surface area contributed by atoms with Gasteiger partial charge in [-0.25, -0.2) is 0 Å². The van der Waals surface area contributed by atoms with Gasteiger partial charge in [-0.3, -0.25) is 0 Å². The van der Waals surface area contributed by atoms with Crippen LogP contribution in [0.25, 0.3) is 0 Å². The maximum atomic E-state index is 12.3. The van der Waals surface area contributed by atoms with E-state index < -0.39 is 16.0 Å². The first-order valence-electron chi connectivity index (χ1n) is 3.56. The summed E-state index contributed by atoms with van der Waals surface area (Å²) in [6.45, 7) is 1.82. The topological polar surface area (TPSA) is 34.1 Å². The second-order valence-electron chi connectivity index (χ2n) is 2.78. The first-order valence-corrected chi connectivity index (χ1v) is 5.90. The molecule has 1 aromatic carbocycles. The summed E-state index contributed by atoms with van der Waals surface area (Å²) >= 11 is 3.15. The lowest BCUT2D eigenvalue weighted by Gasteiger charge is -2.02. The van der Waals surface area contributed by atoms with E-state index in [1.165, 1.54) is 0 Å². The minimum atomic E-state index is -4.45. The van der Waals surface area contributed by atoms with Crippen LogP contribution >= 0.6 is 15.9 Å². The van der Waals surface area contributed by atoms with Crippen molar-refractivity contribution >= 4 is 26.2 Å². The average Bonchev–Trinajstić information content (AvgIpc) is 1.94. The summed E-state index contributed by atoms with van der Waals surface area (Å²) in [5.74, 6) is -0.574. The normalized spacial score (nSPS) is 11.6. The molecule has 0 saturated carbocycles. The summed E-state index contributed by atoms with van der Waals surface area (Å²) < 4.78 is 33.7. The minimum Gasteiger partial charge on any atom is -0.194 e. The Morgan fingerprint density at radius 1 is 1.46 bits per heavy atom. The van der Waals surface area contributed by atoms with Gasteiger partial charge in [-0.05, 0) is 18.6 Å². The Kier molecular flexibility index (Phi) is 3.08. The van der Waals surface area contributed by atoms with Crippen LogP contribution in [-0.4, -0.2) is 8.42 Å². The van der Waals surface area contributed by atoms with Gasteiger partial charge in [0.05, 0.1) is 0 Å². The van der Waals surface area contributed by atoms with E-state index in [0.29, 0.717) is 10.0 Å². The van der Waals surface area contributed by atoms with E-state index in [0.717, 1.165) is 5.56 Å². The van der Waals surface area contributed by atoms with Crippen LogP contribution in [-0.2, 0) is 16.0 Å². The zero-order chi connectivity index (χ0) is 10.1. The zero-order valence-corrected chi connectivity index (χ0v) is 9.32. The molecule has 0 aliphatic heterocycles. The van der Waals surface area contributed by atoms with E-state index in [1.807, 2.05) is 13.0 Å². The van der Waals surface area contributed by atoms with Crippen molar-refractivity contribution < 1.29 is 12.3 Å². The monoisotopic (exact) mass is 266 g/mol. The molecule has 0 saturated heterocycles. The molecule has 0 aliphatic carbocycles. The number of hydrogen-bond acceptors (Lipinski definition) is 2. The van der Waals surface area contributed by atoms with Crippen molar-refractivity contribution in [2.45, 2.75) is 12.7 Å². The van der Waals surface area contributed by atoms with Gasteiger partial charge in [0.2, 0.25) is 0 Å². The fraction of sp³-hybridized carbons (Fsp3) is 0.250. The Morgan fingerprint density at radius 3 is 2.62 bits per heavy atom. The van der Waals surface area contributed by atoms with Crippen LogP contribution in [0.2, 0.25) is 0 Å². The molecule has 1 rings (SSSR count). The standard InChI is InChI=1S/C8H8BrFO2S/c1-6-2-3-8(9)7(4-6)5-13(10,11)12/h2-4H,5H2,1H3. The predicted octanol–water partition coefficient (Wildman–Crippen LogP) is 2.56. The fourth-order valence-electron chi connectivity index (χ4n) is 1.000. The first kappa shape index (κ1) is 10.7. The van der Waals surface area contributed by atoms with Crippen LogP contribution in [0.5, 0.6) is 0 Å². The number of benzene rings is 1. The van der Waals surface area contributed by atoms with Crippen LogP contribution in [0.15, 0.2) is 22.7 Å². The zero-order valence-electron chi connectivity index (χ0n) is 6.92. The smallest absolute Gasteiger partial charge is 0.194 e. The van der Waals surface area contributed by atoms with Crippen LogP contribution in [0.3, 0.4) is 0 Å². The third-order valence-electron chi connectivity index (χ3n) is 1.53. The maximum absolute atomic E-state index is 12.3. The van der Waals surface area contributed by atoms with Crippen LogP contribution in [0.1, 0.15) is 11.1 Å². The van der Waals surface area contributed by atoms with Gasteiger partial charge in [-0.2, -0.15) is 8.42 Å². The molecule has 0 amide bonds. The highest BCUT2D eigenvalue weighted by Crippen LogP contribution is 2.20. The van der Waals surface area contributed by atoms with Crippen LogP contribution < -0.4 is 0 Å². The Bertz CT molecular complexity index is 414. The molecule has 2 nitrogen and oxygen atoms in total. The maximum Gasteiger partial charge on any atom is 0.306 e. The van der Waals surface area contributed by atoms with Crippen molar-refractivity contribution in [3.63, 3.8) is 0 Å². The average molecular weight is 267 g/mol. The molecule has 0 aliphatic rings. The molecule has 72 valence electrons. The Hall–Kier alpha value is -0.420. The highest BCUT2D eigenvalue weighted by atomic mass is 79.9.